The van der Waals surface area contributed by atoms with Crippen molar-refractivity contribution in [1.29, 1.82) is 0 Å². The normalized spacial score (nSPS) is 17.7. The number of aliphatic hydroxyl groups is 1. The summed E-state index contributed by atoms with van der Waals surface area (Å²) in [5.74, 6) is -1.07. The Bertz CT molecular complexity index is 1700. The Morgan fingerprint density at radius 2 is 1.84 bits per heavy atom. The second-order valence-electron chi connectivity index (χ2n) is 9.10. The van der Waals surface area contributed by atoms with Gasteiger partial charge in [0.1, 0.15) is 18.1 Å². The fourth-order valence-corrected chi connectivity index (χ4v) is 5.47. The zero-order valence-corrected chi connectivity index (χ0v) is 23.9. The third kappa shape index (κ3) is 7.16. The van der Waals surface area contributed by atoms with E-state index in [1.807, 2.05) is 0 Å². The van der Waals surface area contributed by atoms with E-state index in [0.717, 1.165) is 23.2 Å². The minimum Gasteiger partial charge on any atom is -0.490 e. The highest BCUT2D eigenvalue weighted by atomic mass is 35.5. The van der Waals surface area contributed by atoms with Crippen LogP contribution < -0.4 is 9.46 Å². The predicted octanol–water partition coefficient (Wildman–Crippen LogP) is 4.25. The largest absolute Gasteiger partial charge is 0.490 e. The molecule has 0 spiro atoms. The first-order valence-electron chi connectivity index (χ1n) is 12.4. The number of benzene rings is 3. The lowest BCUT2D eigenvalue weighted by Gasteiger charge is -2.26. The number of carboxylic acid groups (broad SMARTS) is 1. The lowest BCUT2D eigenvalue weighted by molar-refractivity contribution is -0.137. The molecule has 1 aliphatic rings. The van der Waals surface area contributed by atoms with Gasteiger partial charge in [0.05, 0.1) is 22.0 Å². The molecular weight excluding hydrogens is 613 g/mol. The Hall–Kier alpha value is -4.40. The van der Waals surface area contributed by atoms with E-state index in [-0.39, 0.29) is 24.8 Å². The van der Waals surface area contributed by atoms with E-state index in [9.17, 15) is 31.5 Å². The highest BCUT2D eigenvalue weighted by Gasteiger charge is 2.45. The van der Waals surface area contributed by atoms with Crippen LogP contribution in [0.1, 0.15) is 16.7 Å². The molecule has 1 heterocycles. The number of carboxylic acids is 1. The first-order chi connectivity index (χ1) is 20.2. The number of halogens is 4. The summed E-state index contributed by atoms with van der Waals surface area (Å²) in [7, 11) is -3.35. The van der Waals surface area contributed by atoms with Crippen LogP contribution in [0.5, 0.6) is 5.75 Å². The van der Waals surface area contributed by atoms with Gasteiger partial charge in [-0.2, -0.15) is 18.3 Å². The molecule has 15 heteroatoms. The number of hydrazone groups is 1. The SMILES string of the molecule is CN=C(NS(=O)(=O)c1ccc(Cl)c(C(F)(F)F)c1)N1CC(O)(c2ccccc2)C(c2ccc(OC/C=C/C(=O)O)cc2)=N1. The Balaban J connectivity index is 1.66. The lowest BCUT2D eigenvalue weighted by Crippen LogP contribution is -2.45. The Labute approximate surface area is 249 Å². The first kappa shape index (κ1) is 31.5. The number of aliphatic carboxylic acids is 1. The van der Waals surface area contributed by atoms with Gasteiger partial charge in [-0.1, -0.05) is 41.9 Å². The van der Waals surface area contributed by atoms with Gasteiger partial charge in [0.15, 0.2) is 5.60 Å². The number of β-amino-alcohol motifs (C(OH)–C–C–N with tert-alkyl or cyclic N) is 1. The molecule has 226 valence electrons. The molecule has 1 aliphatic heterocycles. The molecule has 0 radical (unpaired) electrons. The van der Waals surface area contributed by atoms with Crippen LogP contribution in [0.25, 0.3) is 0 Å². The number of hydrogen-bond acceptors (Lipinski definition) is 7. The number of carbonyl (C=O) groups is 1. The fraction of sp³-hybridized carbons (Fsp3) is 0.179. The number of nitrogens with zero attached hydrogens (tertiary/aromatic N) is 3. The van der Waals surface area contributed by atoms with Crippen molar-refractivity contribution < 1.29 is 41.3 Å². The van der Waals surface area contributed by atoms with Crippen molar-refractivity contribution >= 4 is 39.3 Å². The summed E-state index contributed by atoms with van der Waals surface area (Å²) in [5.41, 5.74) is -2.09. The van der Waals surface area contributed by atoms with Gasteiger partial charge in [-0.25, -0.2) is 22.9 Å². The summed E-state index contributed by atoms with van der Waals surface area (Å²) < 4.78 is 74.0. The number of guanidine groups is 1. The minimum absolute atomic E-state index is 0.00285. The summed E-state index contributed by atoms with van der Waals surface area (Å²) in [6.45, 7) is -0.295. The highest BCUT2D eigenvalue weighted by Crippen LogP contribution is 2.36. The number of sulfonamides is 1. The molecule has 0 aliphatic carbocycles. The maximum Gasteiger partial charge on any atom is 0.417 e. The average molecular weight is 637 g/mol. The molecule has 0 amide bonds. The van der Waals surface area contributed by atoms with Crippen LogP contribution in [0.15, 0.2) is 99.9 Å². The van der Waals surface area contributed by atoms with Crippen molar-refractivity contribution in [2.45, 2.75) is 16.7 Å². The second kappa shape index (κ2) is 12.5. The first-order valence-corrected chi connectivity index (χ1v) is 14.2. The molecule has 3 aromatic carbocycles. The smallest absolute Gasteiger partial charge is 0.417 e. The second-order valence-corrected chi connectivity index (χ2v) is 11.2. The lowest BCUT2D eigenvalue weighted by atomic mass is 9.86. The Morgan fingerprint density at radius 1 is 1.16 bits per heavy atom. The summed E-state index contributed by atoms with van der Waals surface area (Å²) in [5, 5.41) is 25.5. The molecule has 0 saturated heterocycles. The number of rotatable bonds is 8. The van der Waals surface area contributed by atoms with Crippen LogP contribution >= 0.6 is 11.6 Å². The van der Waals surface area contributed by atoms with Gasteiger partial charge in [0.25, 0.3) is 10.0 Å². The van der Waals surface area contributed by atoms with Crippen LogP contribution in [0, 0.1) is 0 Å². The van der Waals surface area contributed by atoms with Crippen molar-refractivity contribution in [3.05, 3.63) is 107 Å². The van der Waals surface area contributed by atoms with Gasteiger partial charge in [-0.05, 0) is 54.1 Å². The number of nitrogens with one attached hydrogen (secondary N) is 1. The van der Waals surface area contributed by atoms with Crippen LogP contribution in [0.4, 0.5) is 13.2 Å². The summed E-state index contributed by atoms with van der Waals surface area (Å²) in [4.78, 5) is 13.8. The van der Waals surface area contributed by atoms with E-state index in [2.05, 4.69) is 14.8 Å². The zero-order chi connectivity index (χ0) is 31.4. The topological polar surface area (TPSA) is 141 Å². The van der Waals surface area contributed by atoms with Gasteiger partial charge >= 0.3 is 12.1 Å². The zero-order valence-electron chi connectivity index (χ0n) is 22.3. The maximum atomic E-state index is 13.4. The molecule has 1 atom stereocenters. The molecule has 0 saturated carbocycles. The molecule has 3 aromatic rings. The van der Waals surface area contributed by atoms with Crippen LogP contribution in [0.3, 0.4) is 0 Å². The molecule has 0 aromatic heterocycles. The van der Waals surface area contributed by atoms with Crippen LogP contribution in [0.2, 0.25) is 5.02 Å². The van der Waals surface area contributed by atoms with E-state index in [1.54, 1.807) is 54.6 Å². The molecule has 4 rings (SSSR count). The summed E-state index contributed by atoms with van der Waals surface area (Å²) >= 11 is 5.64. The van der Waals surface area contributed by atoms with Crippen molar-refractivity contribution in [3.63, 3.8) is 0 Å². The fourth-order valence-electron chi connectivity index (χ4n) is 4.17. The van der Waals surface area contributed by atoms with E-state index >= 15 is 0 Å². The number of alkyl halides is 3. The van der Waals surface area contributed by atoms with Crippen molar-refractivity contribution in [2.24, 2.45) is 10.1 Å². The highest BCUT2D eigenvalue weighted by molar-refractivity contribution is 7.90. The maximum absolute atomic E-state index is 13.4. The van der Waals surface area contributed by atoms with Crippen LogP contribution in [-0.2, 0) is 26.6 Å². The number of aliphatic imine (C=N–C) groups is 1. The van der Waals surface area contributed by atoms with Crippen LogP contribution in [-0.4, -0.2) is 61.5 Å². The number of hydrogen-bond donors (Lipinski definition) is 3. The molecule has 0 fully saturated rings. The van der Waals surface area contributed by atoms with E-state index < -0.39 is 43.3 Å². The van der Waals surface area contributed by atoms with Gasteiger partial charge in [0.2, 0.25) is 5.96 Å². The van der Waals surface area contributed by atoms with Gasteiger partial charge in [0, 0.05) is 18.7 Å². The Morgan fingerprint density at radius 3 is 2.44 bits per heavy atom. The summed E-state index contributed by atoms with van der Waals surface area (Å²) in [6.07, 6.45) is -2.62. The quantitative estimate of drug-likeness (QED) is 0.191. The minimum atomic E-state index is -4.89. The molecule has 0 bridgehead atoms. The average Bonchev–Trinajstić information content (AvgIpc) is 3.32. The van der Waals surface area contributed by atoms with E-state index in [1.165, 1.54) is 13.1 Å². The van der Waals surface area contributed by atoms with E-state index in [0.29, 0.717) is 22.9 Å². The third-order valence-corrected chi connectivity index (χ3v) is 7.87. The predicted molar refractivity (Wildman–Crippen MR) is 152 cm³/mol. The number of ether oxygens (including phenoxy) is 1. The molecular formula is C28H24ClF3N4O6S. The standard InChI is InChI=1S/C28H24ClF3N4O6S/c1-33-26(35-43(40,41)21-13-14-23(29)22(16-21)28(30,31)32)36-17-27(39,19-6-3-2-4-7-19)25(34-36)18-9-11-20(12-10-18)42-15-5-8-24(37)38/h2-14,16,39H,15,17H2,1H3,(H,33,35)(H,37,38)/b8-5+. The third-order valence-electron chi connectivity index (χ3n) is 6.21. The summed E-state index contributed by atoms with van der Waals surface area (Å²) in [6, 6.07) is 17.0. The monoisotopic (exact) mass is 636 g/mol. The Kier molecular flexibility index (Phi) is 9.13. The van der Waals surface area contributed by atoms with Gasteiger partial charge < -0.3 is 14.9 Å². The molecule has 3 N–H and O–H groups in total. The van der Waals surface area contributed by atoms with Crippen molar-refractivity contribution in [3.8, 4) is 5.75 Å². The molecule has 10 nitrogen and oxygen atoms in total. The van der Waals surface area contributed by atoms with Gasteiger partial charge in [-0.15, -0.1) is 0 Å². The van der Waals surface area contributed by atoms with Crippen molar-refractivity contribution in [1.82, 2.24) is 9.73 Å². The van der Waals surface area contributed by atoms with E-state index in [4.69, 9.17) is 21.4 Å². The van der Waals surface area contributed by atoms with Gasteiger partial charge in [-0.3, -0.25) is 4.99 Å². The van der Waals surface area contributed by atoms with Crippen molar-refractivity contribution in [2.75, 3.05) is 20.2 Å². The molecule has 43 heavy (non-hydrogen) atoms. The molecule has 1 unspecified atom stereocenters.